The second-order valence-electron chi connectivity index (χ2n) is 3.44. The molecule has 0 atom stereocenters. The van der Waals surface area contributed by atoms with Gasteiger partial charge in [-0.2, -0.15) is 0 Å². The van der Waals surface area contributed by atoms with Gasteiger partial charge in [0.2, 0.25) is 5.88 Å². The standard InChI is InChI=1S/C10H16N2O3S/c1-5-14-10(13)8-9(11-7(2)16-8)15-6-12(3)4/h5-6H2,1-4H3. The molecule has 0 bridgehead atoms. The summed E-state index contributed by atoms with van der Waals surface area (Å²) < 4.78 is 10.3. The first kappa shape index (κ1) is 12.9. The van der Waals surface area contributed by atoms with Crippen LogP contribution in [0.2, 0.25) is 0 Å². The van der Waals surface area contributed by atoms with Crippen LogP contribution >= 0.6 is 11.3 Å². The molecule has 0 saturated heterocycles. The van der Waals surface area contributed by atoms with Gasteiger partial charge in [-0.05, 0) is 27.9 Å². The largest absolute Gasteiger partial charge is 0.462 e. The molecule has 5 nitrogen and oxygen atoms in total. The predicted molar refractivity (Wildman–Crippen MR) is 62.0 cm³/mol. The van der Waals surface area contributed by atoms with Crippen molar-refractivity contribution in [1.29, 1.82) is 0 Å². The first-order chi connectivity index (χ1) is 7.54. The van der Waals surface area contributed by atoms with Gasteiger partial charge in [-0.1, -0.05) is 0 Å². The molecule has 0 aliphatic rings. The molecular weight excluding hydrogens is 228 g/mol. The Hall–Kier alpha value is -1.14. The molecule has 6 heteroatoms. The Kier molecular flexibility index (Phi) is 4.70. The first-order valence-corrected chi connectivity index (χ1v) is 5.78. The maximum absolute atomic E-state index is 11.6. The van der Waals surface area contributed by atoms with Crippen LogP contribution in [0.5, 0.6) is 5.88 Å². The molecule has 0 N–H and O–H groups in total. The molecule has 1 rings (SSSR count). The van der Waals surface area contributed by atoms with Crippen LogP contribution in [0, 0.1) is 6.92 Å². The minimum atomic E-state index is -0.373. The molecule has 0 aromatic carbocycles. The van der Waals surface area contributed by atoms with Crippen LogP contribution in [0.4, 0.5) is 0 Å². The molecule has 0 amide bonds. The van der Waals surface area contributed by atoms with E-state index in [2.05, 4.69) is 4.98 Å². The number of esters is 1. The average molecular weight is 244 g/mol. The van der Waals surface area contributed by atoms with Crippen molar-refractivity contribution in [3.63, 3.8) is 0 Å². The molecular formula is C10H16N2O3S. The predicted octanol–water partition coefficient (Wildman–Crippen LogP) is 1.53. The zero-order chi connectivity index (χ0) is 12.1. The van der Waals surface area contributed by atoms with E-state index in [9.17, 15) is 4.79 Å². The van der Waals surface area contributed by atoms with E-state index in [0.29, 0.717) is 24.1 Å². The summed E-state index contributed by atoms with van der Waals surface area (Å²) in [6, 6.07) is 0. The van der Waals surface area contributed by atoms with Gasteiger partial charge in [0, 0.05) is 0 Å². The minimum absolute atomic E-state index is 0.350. The van der Waals surface area contributed by atoms with Gasteiger partial charge in [0.05, 0.1) is 11.6 Å². The highest BCUT2D eigenvalue weighted by atomic mass is 32.1. The van der Waals surface area contributed by atoms with Crippen molar-refractivity contribution < 1.29 is 14.3 Å². The SMILES string of the molecule is CCOC(=O)c1sc(C)nc1OCN(C)C. The summed E-state index contributed by atoms with van der Waals surface area (Å²) in [6.07, 6.45) is 0. The maximum Gasteiger partial charge on any atom is 0.353 e. The van der Waals surface area contributed by atoms with Crippen LogP contribution < -0.4 is 4.74 Å². The van der Waals surface area contributed by atoms with Crippen molar-refractivity contribution >= 4 is 17.3 Å². The Bertz CT molecular complexity index is 363. The maximum atomic E-state index is 11.6. The molecule has 0 aliphatic heterocycles. The fourth-order valence-corrected chi connectivity index (χ4v) is 1.78. The molecule has 0 radical (unpaired) electrons. The van der Waals surface area contributed by atoms with E-state index >= 15 is 0 Å². The Morgan fingerprint density at radius 3 is 2.75 bits per heavy atom. The number of carbonyl (C=O) groups is 1. The van der Waals surface area contributed by atoms with Crippen LogP contribution in [0.1, 0.15) is 21.6 Å². The molecule has 0 aliphatic carbocycles. The van der Waals surface area contributed by atoms with E-state index in [0.717, 1.165) is 5.01 Å². The lowest BCUT2D eigenvalue weighted by atomic mass is 10.5. The van der Waals surface area contributed by atoms with Gasteiger partial charge in [-0.25, -0.2) is 9.78 Å². The molecule has 1 heterocycles. The van der Waals surface area contributed by atoms with Gasteiger partial charge in [0.15, 0.2) is 4.88 Å². The highest BCUT2D eigenvalue weighted by Gasteiger charge is 2.19. The summed E-state index contributed by atoms with van der Waals surface area (Å²) in [5, 5.41) is 0.789. The number of carbonyl (C=O) groups excluding carboxylic acids is 1. The first-order valence-electron chi connectivity index (χ1n) is 4.96. The molecule has 1 aromatic heterocycles. The smallest absolute Gasteiger partial charge is 0.353 e. The number of hydrogen-bond acceptors (Lipinski definition) is 6. The summed E-state index contributed by atoms with van der Waals surface area (Å²) in [6.45, 7) is 4.33. The Balaban J connectivity index is 2.78. The lowest BCUT2D eigenvalue weighted by molar-refractivity contribution is 0.0524. The number of hydrogen-bond donors (Lipinski definition) is 0. The summed E-state index contributed by atoms with van der Waals surface area (Å²) in [5.74, 6) is -0.0171. The van der Waals surface area contributed by atoms with E-state index < -0.39 is 0 Å². The van der Waals surface area contributed by atoms with Crippen LogP contribution in [-0.4, -0.2) is 43.3 Å². The Morgan fingerprint density at radius 1 is 1.50 bits per heavy atom. The third-order valence-corrected chi connectivity index (χ3v) is 2.56. The summed E-state index contributed by atoms with van der Waals surface area (Å²) >= 11 is 1.28. The monoisotopic (exact) mass is 244 g/mol. The minimum Gasteiger partial charge on any atom is -0.462 e. The quantitative estimate of drug-likeness (QED) is 0.580. The van der Waals surface area contributed by atoms with Crippen molar-refractivity contribution in [2.75, 3.05) is 27.4 Å². The van der Waals surface area contributed by atoms with Crippen molar-refractivity contribution in [3.8, 4) is 5.88 Å². The van der Waals surface area contributed by atoms with Gasteiger partial charge >= 0.3 is 5.97 Å². The van der Waals surface area contributed by atoms with Gasteiger partial charge in [0.1, 0.15) is 6.73 Å². The molecule has 0 spiro atoms. The molecule has 1 aromatic rings. The highest BCUT2D eigenvalue weighted by molar-refractivity contribution is 7.13. The molecule has 90 valence electrons. The zero-order valence-electron chi connectivity index (χ0n) is 9.94. The zero-order valence-corrected chi connectivity index (χ0v) is 10.8. The number of aryl methyl sites for hydroxylation is 1. The number of rotatable bonds is 5. The molecule has 16 heavy (non-hydrogen) atoms. The number of nitrogens with zero attached hydrogens (tertiary/aromatic N) is 2. The van der Waals surface area contributed by atoms with E-state index in [1.54, 1.807) is 6.92 Å². The van der Waals surface area contributed by atoms with Crippen LogP contribution in [0.3, 0.4) is 0 Å². The summed E-state index contributed by atoms with van der Waals surface area (Å²) in [7, 11) is 3.76. The number of ether oxygens (including phenoxy) is 2. The second kappa shape index (κ2) is 5.81. The molecule has 0 saturated carbocycles. The van der Waals surface area contributed by atoms with Crippen molar-refractivity contribution in [3.05, 3.63) is 9.88 Å². The van der Waals surface area contributed by atoms with Gasteiger partial charge in [0.25, 0.3) is 0 Å². The van der Waals surface area contributed by atoms with Crippen LogP contribution in [-0.2, 0) is 4.74 Å². The van der Waals surface area contributed by atoms with Crippen LogP contribution in [0.25, 0.3) is 0 Å². The lowest BCUT2D eigenvalue weighted by Crippen LogP contribution is -2.19. The van der Waals surface area contributed by atoms with Crippen molar-refractivity contribution in [2.24, 2.45) is 0 Å². The normalized spacial score (nSPS) is 10.6. The van der Waals surface area contributed by atoms with Gasteiger partial charge < -0.3 is 9.47 Å². The van der Waals surface area contributed by atoms with E-state index in [1.807, 2.05) is 25.9 Å². The third kappa shape index (κ3) is 3.46. The Morgan fingerprint density at radius 2 is 2.19 bits per heavy atom. The number of aromatic nitrogens is 1. The lowest BCUT2D eigenvalue weighted by Gasteiger charge is -2.10. The second-order valence-corrected chi connectivity index (χ2v) is 4.64. The molecule has 0 unspecified atom stereocenters. The van der Waals surface area contributed by atoms with Crippen LogP contribution in [0.15, 0.2) is 0 Å². The highest BCUT2D eigenvalue weighted by Crippen LogP contribution is 2.25. The Labute approximate surface area is 99.0 Å². The van der Waals surface area contributed by atoms with Crippen molar-refractivity contribution in [2.45, 2.75) is 13.8 Å². The van der Waals surface area contributed by atoms with E-state index in [-0.39, 0.29) is 5.97 Å². The average Bonchev–Trinajstić information content (AvgIpc) is 2.57. The fourth-order valence-electron chi connectivity index (χ4n) is 1.02. The molecule has 0 fully saturated rings. The van der Waals surface area contributed by atoms with Gasteiger partial charge in [-0.3, -0.25) is 4.90 Å². The third-order valence-electron chi connectivity index (χ3n) is 1.62. The summed E-state index contributed by atoms with van der Waals surface area (Å²) in [4.78, 5) is 18.0. The fraction of sp³-hybridized carbons (Fsp3) is 0.600. The van der Waals surface area contributed by atoms with E-state index in [4.69, 9.17) is 9.47 Å². The summed E-state index contributed by atoms with van der Waals surface area (Å²) in [5.41, 5.74) is 0. The van der Waals surface area contributed by atoms with Gasteiger partial charge in [-0.15, -0.1) is 11.3 Å². The van der Waals surface area contributed by atoms with Crippen molar-refractivity contribution in [1.82, 2.24) is 9.88 Å². The van der Waals surface area contributed by atoms with E-state index in [1.165, 1.54) is 11.3 Å². The topological polar surface area (TPSA) is 51.7 Å². The number of thiazole rings is 1.